The Kier molecular flexibility index (Phi) is 7.82. The minimum Gasteiger partial charge on any atom is -0.383 e. The van der Waals surface area contributed by atoms with Gasteiger partial charge in [-0.2, -0.15) is 0 Å². The highest BCUT2D eigenvalue weighted by molar-refractivity contribution is 5.29. The largest absolute Gasteiger partial charge is 0.383 e. The van der Waals surface area contributed by atoms with E-state index in [1.54, 1.807) is 7.11 Å². The molecule has 20 heavy (non-hydrogen) atoms. The number of hydrogen-bond donors (Lipinski definition) is 1. The lowest BCUT2D eigenvalue weighted by atomic mass is 10.0. The molecule has 0 fully saturated rings. The minimum absolute atomic E-state index is 0.363. The SMILES string of the molecule is CCC(C)N(CCOC)CC(NC)c1ccccc1C. The number of nitrogens with zero attached hydrogens (tertiary/aromatic N) is 1. The van der Waals surface area contributed by atoms with Crippen LogP contribution >= 0.6 is 0 Å². The van der Waals surface area contributed by atoms with Gasteiger partial charge in [0.25, 0.3) is 0 Å². The summed E-state index contributed by atoms with van der Waals surface area (Å²) >= 11 is 0. The average Bonchev–Trinajstić information content (AvgIpc) is 2.48. The van der Waals surface area contributed by atoms with E-state index in [0.29, 0.717) is 12.1 Å². The Hall–Kier alpha value is -0.900. The lowest BCUT2D eigenvalue weighted by molar-refractivity contribution is 0.115. The fraction of sp³-hybridized carbons (Fsp3) is 0.647. The van der Waals surface area contributed by atoms with E-state index in [4.69, 9.17) is 4.74 Å². The van der Waals surface area contributed by atoms with Gasteiger partial charge in [-0.3, -0.25) is 4.90 Å². The molecular formula is C17H30N2O. The number of benzene rings is 1. The summed E-state index contributed by atoms with van der Waals surface area (Å²) in [6.07, 6.45) is 1.16. The summed E-state index contributed by atoms with van der Waals surface area (Å²) in [6, 6.07) is 9.56. The molecule has 114 valence electrons. The van der Waals surface area contributed by atoms with Crippen molar-refractivity contribution in [1.29, 1.82) is 0 Å². The standard InChI is InChI=1S/C17H30N2O/c1-6-15(3)19(11-12-20-5)13-17(18-4)16-10-8-7-9-14(16)2/h7-10,15,17-18H,6,11-13H2,1-5H3. The van der Waals surface area contributed by atoms with Gasteiger partial charge in [-0.25, -0.2) is 0 Å². The molecule has 0 spiro atoms. The first kappa shape index (κ1) is 17.2. The Balaban J connectivity index is 2.80. The maximum absolute atomic E-state index is 5.25. The molecule has 1 rings (SSSR count). The summed E-state index contributed by atoms with van der Waals surface area (Å²) in [4.78, 5) is 2.51. The molecule has 3 nitrogen and oxygen atoms in total. The summed E-state index contributed by atoms with van der Waals surface area (Å²) in [5.41, 5.74) is 2.74. The van der Waals surface area contributed by atoms with Crippen molar-refractivity contribution in [2.45, 2.75) is 39.3 Å². The van der Waals surface area contributed by atoms with E-state index in [9.17, 15) is 0 Å². The molecule has 0 bridgehead atoms. The minimum atomic E-state index is 0.363. The summed E-state index contributed by atoms with van der Waals surface area (Å²) in [5, 5.41) is 3.46. The number of methoxy groups -OCH3 is 1. The van der Waals surface area contributed by atoms with Crippen LogP contribution in [-0.2, 0) is 4.74 Å². The highest BCUT2D eigenvalue weighted by Crippen LogP contribution is 2.19. The zero-order chi connectivity index (χ0) is 15.0. The van der Waals surface area contributed by atoms with E-state index >= 15 is 0 Å². The first-order chi connectivity index (χ1) is 9.63. The summed E-state index contributed by atoms with van der Waals surface area (Å²) in [6.45, 7) is 9.50. The molecule has 1 N–H and O–H groups in total. The quantitative estimate of drug-likeness (QED) is 0.751. The maximum atomic E-state index is 5.25. The number of ether oxygens (including phenoxy) is 1. The van der Waals surface area contributed by atoms with Crippen LogP contribution in [0.15, 0.2) is 24.3 Å². The third-order valence-electron chi connectivity index (χ3n) is 4.13. The molecule has 2 atom stereocenters. The highest BCUT2D eigenvalue weighted by Gasteiger charge is 2.19. The molecule has 0 radical (unpaired) electrons. The molecule has 0 heterocycles. The molecule has 0 aliphatic heterocycles. The van der Waals surface area contributed by atoms with E-state index in [1.807, 2.05) is 7.05 Å². The van der Waals surface area contributed by atoms with Crippen molar-refractivity contribution in [1.82, 2.24) is 10.2 Å². The van der Waals surface area contributed by atoms with Gasteiger partial charge in [-0.05, 0) is 38.4 Å². The number of hydrogen-bond acceptors (Lipinski definition) is 3. The van der Waals surface area contributed by atoms with Crippen LogP contribution in [0.3, 0.4) is 0 Å². The van der Waals surface area contributed by atoms with Crippen LogP contribution in [-0.4, -0.2) is 44.8 Å². The Labute approximate surface area is 124 Å². The number of nitrogens with one attached hydrogen (secondary N) is 1. The van der Waals surface area contributed by atoms with Gasteiger partial charge in [-0.1, -0.05) is 31.2 Å². The first-order valence-electron chi connectivity index (χ1n) is 7.59. The second-order valence-electron chi connectivity index (χ2n) is 5.44. The fourth-order valence-corrected chi connectivity index (χ4v) is 2.52. The summed E-state index contributed by atoms with van der Waals surface area (Å²) in [7, 11) is 3.81. The monoisotopic (exact) mass is 278 g/mol. The van der Waals surface area contributed by atoms with Crippen LogP contribution < -0.4 is 5.32 Å². The number of aryl methyl sites for hydroxylation is 1. The molecule has 1 aromatic carbocycles. The van der Waals surface area contributed by atoms with Crippen molar-refractivity contribution in [3.8, 4) is 0 Å². The van der Waals surface area contributed by atoms with Crippen molar-refractivity contribution >= 4 is 0 Å². The van der Waals surface area contributed by atoms with Gasteiger partial charge in [-0.15, -0.1) is 0 Å². The van der Waals surface area contributed by atoms with Crippen molar-refractivity contribution in [3.05, 3.63) is 35.4 Å². The molecule has 0 saturated heterocycles. The van der Waals surface area contributed by atoms with Gasteiger partial charge in [0.15, 0.2) is 0 Å². The van der Waals surface area contributed by atoms with Crippen LogP contribution in [0.5, 0.6) is 0 Å². The second kappa shape index (κ2) is 9.11. The summed E-state index contributed by atoms with van der Waals surface area (Å²) < 4.78 is 5.25. The molecular weight excluding hydrogens is 248 g/mol. The van der Waals surface area contributed by atoms with Gasteiger partial charge in [0.1, 0.15) is 0 Å². The van der Waals surface area contributed by atoms with E-state index in [2.05, 4.69) is 55.3 Å². The first-order valence-corrected chi connectivity index (χ1v) is 7.59. The maximum Gasteiger partial charge on any atom is 0.0589 e. The molecule has 0 saturated carbocycles. The van der Waals surface area contributed by atoms with Gasteiger partial charge in [0.2, 0.25) is 0 Å². The molecule has 1 aromatic rings. The van der Waals surface area contributed by atoms with E-state index in [1.165, 1.54) is 11.1 Å². The zero-order valence-corrected chi connectivity index (χ0v) is 13.6. The van der Waals surface area contributed by atoms with Crippen LogP contribution in [0.2, 0.25) is 0 Å². The summed E-state index contributed by atoms with van der Waals surface area (Å²) in [5.74, 6) is 0. The smallest absolute Gasteiger partial charge is 0.0589 e. The Morgan fingerprint density at radius 2 is 2.00 bits per heavy atom. The topological polar surface area (TPSA) is 24.5 Å². The Bertz CT molecular complexity index is 381. The van der Waals surface area contributed by atoms with Gasteiger partial charge < -0.3 is 10.1 Å². The van der Waals surface area contributed by atoms with Crippen LogP contribution in [0.4, 0.5) is 0 Å². The van der Waals surface area contributed by atoms with E-state index in [-0.39, 0.29) is 0 Å². The van der Waals surface area contributed by atoms with Crippen molar-refractivity contribution in [2.24, 2.45) is 0 Å². The molecule has 0 aliphatic carbocycles. The average molecular weight is 278 g/mol. The van der Waals surface area contributed by atoms with Gasteiger partial charge in [0, 0.05) is 32.3 Å². The molecule has 0 amide bonds. The van der Waals surface area contributed by atoms with Crippen molar-refractivity contribution in [2.75, 3.05) is 33.9 Å². The lowest BCUT2D eigenvalue weighted by Gasteiger charge is -2.32. The van der Waals surface area contributed by atoms with Crippen molar-refractivity contribution in [3.63, 3.8) is 0 Å². The number of likely N-dealkylation sites (N-methyl/N-ethyl adjacent to an activating group) is 1. The molecule has 0 aromatic heterocycles. The zero-order valence-electron chi connectivity index (χ0n) is 13.6. The lowest BCUT2D eigenvalue weighted by Crippen LogP contribution is -2.41. The third-order valence-corrected chi connectivity index (χ3v) is 4.13. The third kappa shape index (κ3) is 4.89. The van der Waals surface area contributed by atoms with Crippen molar-refractivity contribution < 1.29 is 4.74 Å². The van der Waals surface area contributed by atoms with Crippen LogP contribution in [0.25, 0.3) is 0 Å². The van der Waals surface area contributed by atoms with E-state index in [0.717, 1.165) is 26.1 Å². The normalized spacial score (nSPS) is 14.5. The molecule has 3 heteroatoms. The number of rotatable bonds is 9. The van der Waals surface area contributed by atoms with Gasteiger partial charge >= 0.3 is 0 Å². The highest BCUT2D eigenvalue weighted by atomic mass is 16.5. The Morgan fingerprint density at radius 3 is 2.55 bits per heavy atom. The molecule has 0 aliphatic rings. The van der Waals surface area contributed by atoms with Gasteiger partial charge in [0.05, 0.1) is 6.61 Å². The van der Waals surface area contributed by atoms with Crippen LogP contribution in [0, 0.1) is 6.92 Å². The predicted octanol–water partition coefficient (Wildman–Crippen LogP) is 3.00. The van der Waals surface area contributed by atoms with E-state index < -0.39 is 0 Å². The molecule has 2 unspecified atom stereocenters. The fourth-order valence-electron chi connectivity index (χ4n) is 2.52. The predicted molar refractivity (Wildman–Crippen MR) is 86.2 cm³/mol. The Morgan fingerprint density at radius 1 is 1.30 bits per heavy atom. The van der Waals surface area contributed by atoms with Crippen LogP contribution in [0.1, 0.15) is 37.4 Å². The second-order valence-corrected chi connectivity index (χ2v) is 5.44.